The second-order valence-electron chi connectivity index (χ2n) is 4.80. The van der Waals surface area contributed by atoms with Crippen LogP contribution in [0.1, 0.15) is 38.5 Å². The van der Waals surface area contributed by atoms with Crippen LogP contribution >= 0.6 is 0 Å². The minimum Gasteiger partial charge on any atom is -0.203 e. The van der Waals surface area contributed by atoms with Crippen molar-refractivity contribution in [3.63, 3.8) is 0 Å². The van der Waals surface area contributed by atoms with E-state index in [0.717, 1.165) is 19.3 Å². The summed E-state index contributed by atoms with van der Waals surface area (Å²) >= 11 is 0. The molecule has 0 saturated heterocycles. The molecule has 22 heavy (non-hydrogen) atoms. The van der Waals surface area contributed by atoms with Crippen LogP contribution in [0.25, 0.3) is 0 Å². The van der Waals surface area contributed by atoms with Crippen molar-refractivity contribution in [1.29, 1.82) is 0 Å². The molecular formula is C14H18F8. The van der Waals surface area contributed by atoms with E-state index in [1.807, 2.05) is 0 Å². The number of hydrogen-bond donors (Lipinski definition) is 0. The van der Waals surface area contributed by atoms with Crippen LogP contribution in [0.3, 0.4) is 0 Å². The van der Waals surface area contributed by atoms with E-state index in [2.05, 4.69) is 6.58 Å². The Hall–Kier alpha value is -1.08. The first kappa shape index (κ1) is 20.9. The molecule has 0 unspecified atom stereocenters. The summed E-state index contributed by atoms with van der Waals surface area (Å²) in [6.07, 6.45) is 0.475. The summed E-state index contributed by atoms with van der Waals surface area (Å²) in [6.45, 7) is 3.51. The number of allylic oxidation sites excluding steroid dienone is 3. The van der Waals surface area contributed by atoms with Crippen LogP contribution in [0.2, 0.25) is 0 Å². The first-order chi connectivity index (χ1) is 10.0. The number of alkyl halides is 8. The lowest BCUT2D eigenvalue weighted by Crippen LogP contribution is -2.56. The molecule has 0 saturated carbocycles. The molecule has 0 atom stereocenters. The summed E-state index contributed by atoms with van der Waals surface area (Å²) in [5.74, 6) is -17.6. The van der Waals surface area contributed by atoms with E-state index in [4.69, 9.17) is 0 Å². The van der Waals surface area contributed by atoms with Gasteiger partial charge in [-0.25, -0.2) is 8.78 Å². The maximum Gasteiger partial charge on any atom is 0.381 e. The molecule has 8 heteroatoms. The van der Waals surface area contributed by atoms with Crippen molar-refractivity contribution in [2.75, 3.05) is 0 Å². The zero-order valence-electron chi connectivity index (χ0n) is 11.8. The van der Waals surface area contributed by atoms with Crippen LogP contribution in [0, 0.1) is 0 Å². The van der Waals surface area contributed by atoms with Crippen LogP contribution in [0.15, 0.2) is 24.8 Å². The molecule has 0 fully saturated rings. The predicted molar refractivity (Wildman–Crippen MR) is 67.9 cm³/mol. The van der Waals surface area contributed by atoms with E-state index in [9.17, 15) is 35.1 Å². The monoisotopic (exact) mass is 338 g/mol. The van der Waals surface area contributed by atoms with Crippen molar-refractivity contribution in [3.8, 4) is 0 Å². The third-order valence-corrected chi connectivity index (χ3v) is 2.97. The summed E-state index contributed by atoms with van der Waals surface area (Å²) in [5.41, 5.74) is 0. The van der Waals surface area contributed by atoms with E-state index < -0.39 is 30.3 Å². The quantitative estimate of drug-likeness (QED) is 0.238. The number of halogens is 8. The minimum absolute atomic E-state index is 0.0278. The molecule has 0 aliphatic rings. The second kappa shape index (κ2) is 8.53. The molecular weight excluding hydrogens is 320 g/mol. The highest BCUT2D eigenvalue weighted by molar-refractivity contribution is 5.08. The van der Waals surface area contributed by atoms with Crippen molar-refractivity contribution in [3.05, 3.63) is 24.8 Å². The fourth-order valence-electron chi connectivity index (χ4n) is 1.60. The van der Waals surface area contributed by atoms with E-state index in [0.29, 0.717) is 18.9 Å². The molecule has 0 aromatic rings. The molecule has 0 aliphatic carbocycles. The highest BCUT2D eigenvalue weighted by Gasteiger charge is 2.74. The van der Waals surface area contributed by atoms with Crippen molar-refractivity contribution in [2.24, 2.45) is 0 Å². The van der Waals surface area contributed by atoms with E-state index >= 15 is 0 Å². The molecule has 0 amide bonds. The Labute approximate surface area is 123 Å². The molecule has 0 heterocycles. The molecule has 0 N–H and O–H groups in total. The molecule has 0 spiro atoms. The summed E-state index contributed by atoms with van der Waals surface area (Å²) in [7, 11) is 0. The van der Waals surface area contributed by atoms with E-state index in [1.165, 1.54) is 0 Å². The number of hydrogen-bond acceptors (Lipinski definition) is 0. The minimum atomic E-state index is -6.16. The van der Waals surface area contributed by atoms with Crippen LogP contribution < -0.4 is 0 Å². The molecule has 0 aromatic heterocycles. The lowest BCUT2D eigenvalue weighted by Gasteiger charge is -2.30. The molecule has 0 aliphatic heterocycles. The topological polar surface area (TPSA) is 0 Å². The zero-order chi connectivity index (χ0) is 17.4. The van der Waals surface area contributed by atoms with Gasteiger partial charge in [-0.15, -0.1) is 6.58 Å². The highest BCUT2D eigenvalue weighted by atomic mass is 19.4. The summed E-state index contributed by atoms with van der Waals surface area (Å²) in [6, 6.07) is 0. The van der Waals surface area contributed by atoms with Gasteiger partial charge in [-0.2, -0.15) is 26.3 Å². The summed E-state index contributed by atoms with van der Waals surface area (Å²) < 4.78 is 101. The van der Waals surface area contributed by atoms with Gasteiger partial charge in [-0.05, 0) is 31.8 Å². The Balaban J connectivity index is 4.49. The van der Waals surface area contributed by atoms with Gasteiger partial charge in [0.05, 0.1) is 0 Å². The smallest absolute Gasteiger partial charge is 0.203 e. The maximum atomic E-state index is 13.1. The third kappa shape index (κ3) is 5.28. The Bertz CT molecular complexity index is 360. The lowest BCUT2D eigenvalue weighted by molar-refractivity contribution is -0.325. The Morgan fingerprint density at radius 3 is 1.77 bits per heavy atom. The van der Waals surface area contributed by atoms with Crippen LogP contribution in [-0.4, -0.2) is 24.2 Å². The number of rotatable bonds is 11. The molecule has 0 radical (unpaired) electrons. The molecule has 0 nitrogen and oxygen atoms in total. The van der Waals surface area contributed by atoms with Gasteiger partial charge < -0.3 is 0 Å². The fraction of sp³-hybridized carbons (Fsp3) is 0.714. The van der Waals surface area contributed by atoms with Gasteiger partial charge in [0.2, 0.25) is 0 Å². The molecule has 0 bridgehead atoms. The maximum absolute atomic E-state index is 13.1. The lowest BCUT2D eigenvalue weighted by atomic mass is 10.0. The van der Waals surface area contributed by atoms with Gasteiger partial charge in [0, 0.05) is 0 Å². The largest absolute Gasteiger partial charge is 0.381 e. The van der Waals surface area contributed by atoms with E-state index in [1.54, 1.807) is 6.08 Å². The number of unbranched alkanes of at least 4 members (excludes halogenated alkanes) is 5. The third-order valence-electron chi connectivity index (χ3n) is 2.97. The van der Waals surface area contributed by atoms with Crippen molar-refractivity contribution in [1.82, 2.24) is 0 Å². The zero-order valence-corrected chi connectivity index (χ0v) is 11.8. The van der Waals surface area contributed by atoms with Gasteiger partial charge in [0.1, 0.15) is 0 Å². The standard InChI is InChI=1S/C14H18F8/c1-2-3-4-5-6-7-8-9-10-12(17,18)14(21,22)13(19,20)11(15)16/h2,9-11H,1,3-8H2. The van der Waals surface area contributed by atoms with Crippen molar-refractivity contribution < 1.29 is 35.1 Å². The van der Waals surface area contributed by atoms with Gasteiger partial charge in [-0.3, -0.25) is 0 Å². The van der Waals surface area contributed by atoms with Gasteiger partial charge in [0.15, 0.2) is 0 Å². The average molecular weight is 338 g/mol. The molecule has 130 valence electrons. The summed E-state index contributed by atoms with van der Waals surface area (Å²) in [5, 5.41) is 0. The van der Waals surface area contributed by atoms with Crippen molar-refractivity contribution >= 4 is 0 Å². The van der Waals surface area contributed by atoms with Crippen LogP contribution in [-0.2, 0) is 0 Å². The fourth-order valence-corrected chi connectivity index (χ4v) is 1.60. The Kier molecular flexibility index (Phi) is 8.11. The van der Waals surface area contributed by atoms with Crippen LogP contribution in [0.4, 0.5) is 35.1 Å². The second-order valence-corrected chi connectivity index (χ2v) is 4.80. The average Bonchev–Trinajstić information content (AvgIpc) is 2.41. The van der Waals surface area contributed by atoms with Gasteiger partial charge >= 0.3 is 24.2 Å². The SMILES string of the molecule is C=CCCCCCCC=CC(F)(F)C(F)(F)C(F)(F)C(F)F. The first-order valence-corrected chi connectivity index (χ1v) is 6.71. The summed E-state index contributed by atoms with van der Waals surface area (Å²) in [4.78, 5) is 0. The van der Waals surface area contributed by atoms with Crippen LogP contribution in [0.5, 0.6) is 0 Å². The molecule has 0 aromatic carbocycles. The van der Waals surface area contributed by atoms with E-state index in [-0.39, 0.29) is 6.42 Å². The molecule has 0 rings (SSSR count). The highest BCUT2D eigenvalue weighted by Crippen LogP contribution is 2.49. The van der Waals surface area contributed by atoms with Crippen molar-refractivity contribution in [2.45, 2.75) is 62.7 Å². The van der Waals surface area contributed by atoms with Gasteiger partial charge in [0.25, 0.3) is 0 Å². The van der Waals surface area contributed by atoms with Gasteiger partial charge in [-0.1, -0.05) is 25.0 Å². The normalized spacial score (nSPS) is 14.0. The first-order valence-electron chi connectivity index (χ1n) is 6.71. The Morgan fingerprint density at radius 2 is 1.32 bits per heavy atom. The predicted octanol–water partition coefficient (Wildman–Crippen LogP) is 6.24. The Morgan fingerprint density at radius 1 is 0.818 bits per heavy atom.